The van der Waals surface area contributed by atoms with Crippen LogP contribution in [0.25, 0.3) is 0 Å². The van der Waals surface area contributed by atoms with E-state index in [0.29, 0.717) is 13.2 Å². The third kappa shape index (κ3) is 5.68. The molecule has 0 aromatic carbocycles. The zero-order chi connectivity index (χ0) is 13.4. The monoisotopic (exact) mass is 244 g/mol. The number of likely N-dealkylation sites (N-methyl/N-ethyl adjacent to an activating group) is 1. The van der Waals surface area contributed by atoms with Crippen molar-refractivity contribution in [1.29, 1.82) is 0 Å². The minimum absolute atomic E-state index is 0.00500. The van der Waals surface area contributed by atoms with Crippen molar-refractivity contribution in [3.05, 3.63) is 0 Å². The number of ether oxygens (including phenoxy) is 1. The Balaban J connectivity index is 4.50. The molecule has 0 saturated heterocycles. The minimum atomic E-state index is -0.376. The highest BCUT2D eigenvalue weighted by molar-refractivity contribution is 5.80. The number of carbonyl (C=O) groups excluding carboxylic acids is 2. The molecule has 0 radical (unpaired) electrons. The molecule has 1 atom stereocenters. The number of rotatable bonds is 7. The summed E-state index contributed by atoms with van der Waals surface area (Å²) in [4.78, 5) is 26.6. The SMILES string of the molecule is CCCN(CC(=O)N(C)C)C(C)C(=O)OCC. The largest absolute Gasteiger partial charge is 0.465 e. The quantitative estimate of drug-likeness (QED) is 0.620. The molecule has 17 heavy (non-hydrogen) atoms. The number of carbonyl (C=O) groups is 2. The van der Waals surface area contributed by atoms with Gasteiger partial charge in [0.05, 0.1) is 13.2 Å². The second kappa shape index (κ2) is 8.06. The first kappa shape index (κ1) is 15.9. The topological polar surface area (TPSA) is 49.9 Å². The molecule has 5 heteroatoms. The molecule has 0 bridgehead atoms. The van der Waals surface area contributed by atoms with Crippen LogP contribution in [0, 0.1) is 0 Å². The molecule has 1 unspecified atom stereocenters. The minimum Gasteiger partial charge on any atom is -0.465 e. The first-order valence-electron chi connectivity index (χ1n) is 6.04. The van der Waals surface area contributed by atoms with Gasteiger partial charge in [-0.05, 0) is 26.8 Å². The molecule has 0 aromatic heterocycles. The van der Waals surface area contributed by atoms with Crippen LogP contribution < -0.4 is 0 Å². The fraction of sp³-hybridized carbons (Fsp3) is 0.833. The number of esters is 1. The zero-order valence-electron chi connectivity index (χ0n) is 11.5. The van der Waals surface area contributed by atoms with Gasteiger partial charge in [-0.2, -0.15) is 0 Å². The third-order valence-corrected chi connectivity index (χ3v) is 2.52. The summed E-state index contributed by atoms with van der Waals surface area (Å²) < 4.78 is 4.97. The highest BCUT2D eigenvalue weighted by Gasteiger charge is 2.24. The Morgan fingerprint density at radius 2 is 1.82 bits per heavy atom. The van der Waals surface area contributed by atoms with E-state index in [-0.39, 0.29) is 24.5 Å². The summed E-state index contributed by atoms with van der Waals surface area (Å²) in [6, 6.07) is -0.376. The van der Waals surface area contributed by atoms with Gasteiger partial charge in [-0.1, -0.05) is 6.92 Å². The van der Waals surface area contributed by atoms with Crippen LogP contribution in [-0.4, -0.2) is 61.5 Å². The van der Waals surface area contributed by atoms with Crippen molar-refractivity contribution in [3.8, 4) is 0 Å². The van der Waals surface area contributed by atoms with Crippen LogP contribution in [0.5, 0.6) is 0 Å². The lowest BCUT2D eigenvalue weighted by molar-refractivity contribution is -0.149. The molecule has 0 aromatic rings. The van der Waals surface area contributed by atoms with Crippen LogP contribution in [0.15, 0.2) is 0 Å². The molecule has 5 nitrogen and oxygen atoms in total. The number of nitrogens with zero attached hydrogens (tertiary/aromatic N) is 2. The highest BCUT2D eigenvalue weighted by atomic mass is 16.5. The summed E-state index contributed by atoms with van der Waals surface area (Å²) in [5, 5.41) is 0. The van der Waals surface area contributed by atoms with Gasteiger partial charge < -0.3 is 9.64 Å². The molecule has 100 valence electrons. The van der Waals surface area contributed by atoms with Crippen molar-refractivity contribution in [2.24, 2.45) is 0 Å². The summed E-state index contributed by atoms with van der Waals surface area (Å²) >= 11 is 0. The van der Waals surface area contributed by atoms with Crippen LogP contribution >= 0.6 is 0 Å². The van der Waals surface area contributed by atoms with Gasteiger partial charge in [0.15, 0.2) is 0 Å². The molecule has 1 amide bonds. The number of hydrogen-bond acceptors (Lipinski definition) is 4. The molecule has 0 fully saturated rings. The van der Waals surface area contributed by atoms with Gasteiger partial charge in [0.25, 0.3) is 0 Å². The van der Waals surface area contributed by atoms with Crippen molar-refractivity contribution >= 4 is 11.9 Å². The molecule has 0 heterocycles. The molecular weight excluding hydrogens is 220 g/mol. The van der Waals surface area contributed by atoms with Crippen molar-refractivity contribution in [2.45, 2.75) is 33.2 Å². The Bertz CT molecular complexity index is 254. The maximum atomic E-state index is 11.6. The van der Waals surface area contributed by atoms with Crippen LogP contribution in [0.1, 0.15) is 27.2 Å². The summed E-state index contributed by atoms with van der Waals surface area (Å²) in [7, 11) is 3.42. The molecule has 0 aliphatic heterocycles. The molecule has 0 aliphatic carbocycles. The average molecular weight is 244 g/mol. The summed E-state index contributed by atoms with van der Waals surface area (Å²) in [5.41, 5.74) is 0. The van der Waals surface area contributed by atoms with E-state index in [4.69, 9.17) is 4.74 Å². The second-order valence-corrected chi connectivity index (χ2v) is 4.19. The van der Waals surface area contributed by atoms with E-state index >= 15 is 0 Å². The van der Waals surface area contributed by atoms with E-state index in [2.05, 4.69) is 0 Å². The van der Waals surface area contributed by atoms with E-state index in [1.165, 1.54) is 4.90 Å². The van der Waals surface area contributed by atoms with Gasteiger partial charge in [-0.25, -0.2) is 0 Å². The molecule has 0 spiro atoms. The Labute approximate surface area is 104 Å². The van der Waals surface area contributed by atoms with Crippen LogP contribution in [0.2, 0.25) is 0 Å². The van der Waals surface area contributed by atoms with Gasteiger partial charge in [0.1, 0.15) is 6.04 Å². The normalized spacial score (nSPS) is 12.4. The summed E-state index contributed by atoms with van der Waals surface area (Å²) in [6.45, 7) is 6.90. The van der Waals surface area contributed by atoms with E-state index in [1.807, 2.05) is 11.8 Å². The molecule has 0 aliphatic rings. The van der Waals surface area contributed by atoms with E-state index in [0.717, 1.165) is 6.42 Å². The Morgan fingerprint density at radius 1 is 1.24 bits per heavy atom. The average Bonchev–Trinajstić information content (AvgIpc) is 2.27. The molecule has 0 rings (SSSR count). The van der Waals surface area contributed by atoms with Crippen LogP contribution in [-0.2, 0) is 14.3 Å². The second-order valence-electron chi connectivity index (χ2n) is 4.19. The van der Waals surface area contributed by atoms with Gasteiger partial charge in [-0.15, -0.1) is 0 Å². The van der Waals surface area contributed by atoms with Crippen molar-refractivity contribution in [2.75, 3.05) is 33.8 Å². The predicted molar refractivity (Wildman–Crippen MR) is 66.7 cm³/mol. The fourth-order valence-corrected chi connectivity index (χ4v) is 1.42. The van der Waals surface area contributed by atoms with E-state index < -0.39 is 0 Å². The lowest BCUT2D eigenvalue weighted by Gasteiger charge is -2.27. The van der Waals surface area contributed by atoms with Gasteiger partial charge in [-0.3, -0.25) is 14.5 Å². The standard InChI is InChI=1S/C12H24N2O3/c1-6-8-14(9-11(15)13(4)5)10(3)12(16)17-7-2/h10H,6-9H2,1-5H3. The van der Waals surface area contributed by atoms with Crippen molar-refractivity contribution in [1.82, 2.24) is 9.80 Å². The number of hydrogen-bond donors (Lipinski definition) is 0. The summed E-state index contributed by atoms with van der Waals surface area (Å²) in [6.07, 6.45) is 0.893. The molecule has 0 N–H and O–H groups in total. The summed E-state index contributed by atoms with van der Waals surface area (Å²) in [5.74, 6) is -0.276. The van der Waals surface area contributed by atoms with Gasteiger partial charge in [0, 0.05) is 14.1 Å². The molecule has 0 saturated carbocycles. The lowest BCUT2D eigenvalue weighted by atomic mass is 10.2. The smallest absolute Gasteiger partial charge is 0.323 e. The Hall–Kier alpha value is -1.10. The lowest BCUT2D eigenvalue weighted by Crippen LogP contribution is -2.45. The van der Waals surface area contributed by atoms with Crippen LogP contribution in [0.3, 0.4) is 0 Å². The Morgan fingerprint density at radius 3 is 2.24 bits per heavy atom. The van der Waals surface area contributed by atoms with Gasteiger partial charge >= 0.3 is 5.97 Å². The van der Waals surface area contributed by atoms with Crippen molar-refractivity contribution in [3.63, 3.8) is 0 Å². The number of amides is 1. The first-order valence-corrected chi connectivity index (χ1v) is 6.04. The van der Waals surface area contributed by atoms with Gasteiger partial charge in [0.2, 0.25) is 5.91 Å². The first-order chi connectivity index (χ1) is 7.93. The maximum absolute atomic E-state index is 11.6. The Kier molecular flexibility index (Phi) is 7.54. The molecular formula is C12H24N2O3. The maximum Gasteiger partial charge on any atom is 0.323 e. The van der Waals surface area contributed by atoms with Crippen LogP contribution in [0.4, 0.5) is 0 Å². The fourth-order valence-electron chi connectivity index (χ4n) is 1.42. The highest BCUT2D eigenvalue weighted by Crippen LogP contribution is 2.04. The zero-order valence-corrected chi connectivity index (χ0v) is 11.5. The van der Waals surface area contributed by atoms with Crippen molar-refractivity contribution < 1.29 is 14.3 Å². The third-order valence-electron chi connectivity index (χ3n) is 2.52. The van der Waals surface area contributed by atoms with E-state index in [1.54, 1.807) is 27.9 Å². The van der Waals surface area contributed by atoms with E-state index in [9.17, 15) is 9.59 Å². The predicted octanol–water partition coefficient (Wildman–Crippen LogP) is 0.738.